The summed E-state index contributed by atoms with van der Waals surface area (Å²) >= 11 is 0. The number of nitro benzene ring substituents is 1. The predicted molar refractivity (Wildman–Crippen MR) is 66.2 cm³/mol. The highest BCUT2D eigenvalue weighted by Gasteiger charge is 2.15. The fourth-order valence-electron chi connectivity index (χ4n) is 1.60. The third-order valence-electron chi connectivity index (χ3n) is 2.57. The number of hydrogen-bond donors (Lipinski definition) is 1. The number of nitrogens with one attached hydrogen (secondary N) is 1. The van der Waals surface area contributed by atoms with Gasteiger partial charge >= 0.3 is 0 Å². The summed E-state index contributed by atoms with van der Waals surface area (Å²) in [6.45, 7) is 0.697. The topological polar surface area (TPSA) is 81.2 Å². The average Bonchev–Trinajstić information content (AvgIpc) is 2.84. The second-order valence-electron chi connectivity index (χ2n) is 3.89. The van der Waals surface area contributed by atoms with Gasteiger partial charge in [0.1, 0.15) is 5.82 Å². The summed E-state index contributed by atoms with van der Waals surface area (Å²) in [4.78, 5) is 13.9. The molecule has 0 bridgehead atoms. The minimum atomic E-state index is -0.703. The van der Waals surface area contributed by atoms with Gasteiger partial charge < -0.3 is 9.73 Å². The summed E-state index contributed by atoms with van der Waals surface area (Å²) in [7, 11) is 1.81. The normalized spacial score (nSPS) is 10.6. The van der Waals surface area contributed by atoms with E-state index < -0.39 is 10.7 Å². The van der Waals surface area contributed by atoms with Crippen LogP contribution in [-0.4, -0.2) is 23.5 Å². The lowest BCUT2D eigenvalue weighted by Gasteiger charge is -1.99. The van der Waals surface area contributed by atoms with E-state index >= 15 is 0 Å². The molecule has 2 rings (SSSR count). The molecule has 100 valence electrons. The van der Waals surface area contributed by atoms with Crippen molar-refractivity contribution in [2.45, 2.75) is 6.42 Å². The molecule has 7 heteroatoms. The van der Waals surface area contributed by atoms with Crippen LogP contribution in [0.5, 0.6) is 0 Å². The maximum Gasteiger partial charge on any atom is 0.272 e. The van der Waals surface area contributed by atoms with Gasteiger partial charge in [-0.25, -0.2) is 9.37 Å². The SMILES string of the molecule is CNCCc1ncc(-c2ccc([N+](=O)[O-])cc2F)o1. The summed E-state index contributed by atoms with van der Waals surface area (Å²) in [6.07, 6.45) is 2.00. The highest BCUT2D eigenvalue weighted by molar-refractivity contribution is 5.59. The van der Waals surface area contributed by atoms with Gasteiger partial charge in [0.25, 0.3) is 5.69 Å². The zero-order valence-electron chi connectivity index (χ0n) is 10.2. The smallest absolute Gasteiger partial charge is 0.272 e. The largest absolute Gasteiger partial charge is 0.441 e. The molecule has 0 radical (unpaired) electrons. The lowest BCUT2D eigenvalue weighted by molar-refractivity contribution is -0.385. The minimum absolute atomic E-state index is 0.161. The Morgan fingerprint density at radius 2 is 2.32 bits per heavy atom. The molecule has 19 heavy (non-hydrogen) atoms. The number of oxazole rings is 1. The molecule has 6 nitrogen and oxygen atoms in total. The number of likely N-dealkylation sites (N-methyl/N-ethyl adjacent to an activating group) is 1. The maximum atomic E-state index is 13.8. The highest BCUT2D eigenvalue weighted by atomic mass is 19.1. The Hall–Kier alpha value is -2.28. The molecule has 1 aromatic carbocycles. The van der Waals surface area contributed by atoms with Gasteiger partial charge in [0.2, 0.25) is 0 Å². The van der Waals surface area contributed by atoms with Crippen LogP contribution in [0.1, 0.15) is 5.89 Å². The van der Waals surface area contributed by atoms with E-state index in [1.165, 1.54) is 18.3 Å². The average molecular weight is 265 g/mol. The van der Waals surface area contributed by atoms with Gasteiger partial charge in [-0.15, -0.1) is 0 Å². The van der Waals surface area contributed by atoms with Crippen LogP contribution in [0.2, 0.25) is 0 Å². The number of halogens is 1. The van der Waals surface area contributed by atoms with Crippen molar-refractivity contribution in [3.63, 3.8) is 0 Å². The number of rotatable bonds is 5. The van der Waals surface area contributed by atoms with Crippen molar-refractivity contribution in [2.75, 3.05) is 13.6 Å². The van der Waals surface area contributed by atoms with Gasteiger partial charge in [0.15, 0.2) is 11.7 Å². The first-order valence-corrected chi connectivity index (χ1v) is 5.65. The van der Waals surface area contributed by atoms with Gasteiger partial charge in [-0.05, 0) is 13.1 Å². The molecule has 0 fully saturated rings. The van der Waals surface area contributed by atoms with Crippen molar-refractivity contribution >= 4 is 5.69 Å². The maximum absolute atomic E-state index is 13.8. The fraction of sp³-hybridized carbons (Fsp3) is 0.250. The molecular formula is C12H12FN3O3. The monoisotopic (exact) mass is 265 g/mol. The van der Waals surface area contributed by atoms with E-state index in [9.17, 15) is 14.5 Å². The lowest BCUT2D eigenvalue weighted by atomic mass is 10.1. The Balaban J connectivity index is 2.26. The molecule has 1 heterocycles. The van der Waals surface area contributed by atoms with Crippen LogP contribution < -0.4 is 5.32 Å². The van der Waals surface area contributed by atoms with Crippen molar-refractivity contribution in [1.29, 1.82) is 0 Å². The summed E-state index contributed by atoms with van der Waals surface area (Å²) in [5.41, 5.74) is -0.134. The third-order valence-corrected chi connectivity index (χ3v) is 2.57. The zero-order chi connectivity index (χ0) is 13.8. The van der Waals surface area contributed by atoms with Crippen molar-refractivity contribution in [2.24, 2.45) is 0 Å². The molecule has 0 saturated carbocycles. The van der Waals surface area contributed by atoms with E-state index in [-0.39, 0.29) is 17.0 Å². The molecule has 0 aliphatic carbocycles. The summed E-state index contributed by atoms with van der Waals surface area (Å²) in [6, 6.07) is 3.41. The Labute approximate surface area is 108 Å². The summed E-state index contributed by atoms with van der Waals surface area (Å²) in [5, 5.41) is 13.5. The van der Waals surface area contributed by atoms with Crippen LogP contribution in [0.4, 0.5) is 10.1 Å². The first-order chi connectivity index (χ1) is 9.11. The Kier molecular flexibility index (Phi) is 3.86. The second-order valence-corrected chi connectivity index (χ2v) is 3.89. The fourth-order valence-corrected chi connectivity index (χ4v) is 1.60. The van der Waals surface area contributed by atoms with Crippen LogP contribution in [-0.2, 0) is 6.42 Å². The Morgan fingerprint density at radius 3 is 2.95 bits per heavy atom. The molecule has 1 N–H and O–H groups in total. The molecule has 0 unspecified atom stereocenters. The van der Waals surface area contributed by atoms with Crippen LogP contribution in [0.3, 0.4) is 0 Å². The molecule has 2 aromatic rings. The standard InChI is InChI=1S/C12H12FN3O3/c1-14-5-4-12-15-7-11(19-12)9-3-2-8(16(17)18)6-10(9)13/h2-3,6-7,14H,4-5H2,1H3. The van der Waals surface area contributed by atoms with Crippen LogP contribution in [0, 0.1) is 15.9 Å². The first kappa shape index (κ1) is 13.2. The molecule has 1 aromatic heterocycles. The Bertz CT molecular complexity index is 598. The van der Waals surface area contributed by atoms with Crippen molar-refractivity contribution < 1.29 is 13.7 Å². The van der Waals surface area contributed by atoms with E-state index in [0.717, 1.165) is 6.07 Å². The number of nitro groups is 1. The van der Waals surface area contributed by atoms with E-state index in [1.807, 2.05) is 0 Å². The van der Waals surface area contributed by atoms with E-state index in [0.29, 0.717) is 18.9 Å². The molecule has 0 amide bonds. The highest BCUT2D eigenvalue weighted by Crippen LogP contribution is 2.26. The van der Waals surface area contributed by atoms with Gasteiger partial charge in [0, 0.05) is 19.0 Å². The quantitative estimate of drug-likeness (QED) is 0.661. The number of benzene rings is 1. The number of hydrogen-bond acceptors (Lipinski definition) is 5. The third kappa shape index (κ3) is 2.94. The number of non-ortho nitro benzene ring substituents is 1. The summed E-state index contributed by atoms with van der Waals surface area (Å²) < 4.78 is 19.1. The van der Waals surface area contributed by atoms with Gasteiger partial charge in [-0.2, -0.15) is 0 Å². The van der Waals surface area contributed by atoms with Gasteiger partial charge in [-0.1, -0.05) is 0 Å². The molecule has 0 spiro atoms. The predicted octanol–water partition coefficient (Wildman–Crippen LogP) is 2.15. The van der Waals surface area contributed by atoms with E-state index in [2.05, 4.69) is 10.3 Å². The van der Waals surface area contributed by atoms with Crippen molar-refractivity contribution in [3.8, 4) is 11.3 Å². The van der Waals surface area contributed by atoms with E-state index in [4.69, 9.17) is 4.42 Å². The zero-order valence-corrected chi connectivity index (χ0v) is 10.2. The number of nitrogens with zero attached hydrogens (tertiary/aromatic N) is 2. The molecule has 0 aliphatic rings. The second kappa shape index (κ2) is 5.57. The molecule has 0 saturated heterocycles. The Morgan fingerprint density at radius 1 is 1.53 bits per heavy atom. The van der Waals surface area contributed by atoms with Crippen molar-refractivity contribution in [3.05, 3.63) is 46.2 Å². The van der Waals surface area contributed by atoms with Crippen molar-refractivity contribution in [1.82, 2.24) is 10.3 Å². The molecular weight excluding hydrogens is 253 g/mol. The van der Waals surface area contributed by atoms with Crippen LogP contribution in [0.25, 0.3) is 11.3 Å². The minimum Gasteiger partial charge on any atom is -0.441 e. The first-order valence-electron chi connectivity index (χ1n) is 5.65. The molecule has 0 aliphatic heterocycles. The summed E-state index contributed by atoms with van der Waals surface area (Å²) in [5.74, 6) is 0.0473. The van der Waals surface area contributed by atoms with E-state index in [1.54, 1.807) is 7.05 Å². The van der Waals surface area contributed by atoms with Crippen LogP contribution in [0.15, 0.2) is 28.8 Å². The van der Waals surface area contributed by atoms with Gasteiger partial charge in [0.05, 0.1) is 22.7 Å². The van der Waals surface area contributed by atoms with Gasteiger partial charge in [-0.3, -0.25) is 10.1 Å². The molecule has 0 atom stereocenters. The lowest BCUT2D eigenvalue weighted by Crippen LogP contribution is -2.10. The van der Waals surface area contributed by atoms with Crippen LogP contribution >= 0.6 is 0 Å². The number of aromatic nitrogens is 1.